The van der Waals surface area contributed by atoms with Gasteiger partial charge in [0.05, 0.1) is 19.8 Å². The third kappa shape index (κ3) is 2.62. The number of rotatable bonds is 4. The summed E-state index contributed by atoms with van der Waals surface area (Å²) in [6, 6.07) is 5.24. The molecule has 1 aromatic carbocycles. The maximum absolute atomic E-state index is 10.7. The Hall–Kier alpha value is -2.63. The molecule has 1 N–H and O–H groups in total. The molecule has 0 radical (unpaired) electrons. The summed E-state index contributed by atoms with van der Waals surface area (Å²) in [6.45, 7) is 0. The second-order valence-corrected chi connectivity index (χ2v) is 3.67. The number of nitrogens with zero attached hydrogens (tertiary/aromatic N) is 2. The monoisotopic (exact) mass is 260 g/mol. The van der Waals surface area contributed by atoms with E-state index in [1.54, 1.807) is 25.3 Å². The highest BCUT2D eigenvalue weighted by Crippen LogP contribution is 2.30. The van der Waals surface area contributed by atoms with Gasteiger partial charge in [0.1, 0.15) is 0 Å². The molecular formula is C13H12N2O4. The zero-order valence-electron chi connectivity index (χ0n) is 10.5. The van der Waals surface area contributed by atoms with Crippen molar-refractivity contribution in [2.45, 2.75) is 0 Å². The molecule has 1 aromatic heterocycles. The highest BCUT2D eigenvalue weighted by Gasteiger charge is 2.09. The molecule has 0 spiro atoms. The van der Waals surface area contributed by atoms with E-state index < -0.39 is 5.97 Å². The lowest BCUT2D eigenvalue weighted by Crippen LogP contribution is -1.99. The molecule has 0 atom stereocenters. The van der Waals surface area contributed by atoms with E-state index in [-0.39, 0.29) is 5.56 Å². The third-order valence-corrected chi connectivity index (χ3v) is 2.54. The van der Waals surface area contributed by atoms with Gasteiger partial charge in [0.25, 0.3) is 0 Å². The first kappa shape index (κ1) is 12.8. The average Bonchev–Trinajstić information content (AvgIpc) is 2.46. The molecule has 0 aliphatic heterocycles. The maximum atomic E-state index is 10.7. The maximum Gasteiger partial charge on any atom is 0.338 e. The van der Waals surface area contributed by atoms with Crippen LogP contribution in [0.1, 0.15) is 10.4 Å². The fourth-order valence-electron chi connectivity index (χ4n) is 1.56. The number of hydrogen-bond donors (Lipinski definition) is 1. The van der Waals surface area contributed by atoms with E-state index in [2.05, 4.69) is 9.97 Å². The molecule has 0 bridgehead atoms. The summed E-state index contributed by atoms with van der Waals surface area (Å²) < 4.78 is 10.3. The van der Waals surface area contributed by atoms with Gasteiger partial charge in [-0.05, 0) is 18.2 Å². The van der Waals surface area contributed by atoms with Crippen molar-refractivity contribution in [1.82, 2.24) is 9.97 Å². The van der Waals surface area contributed by atoms with Crippen molar-refractivity contribution in [1.29, 1.82) is 0 Å². The number of aromatic carboxylic acids is 1. The molecule has 98 valence electrons. The number of ether oxygens (including phenoxy) is 2. The molecule has 0 fully saturated rings. The number of carboxylic acid groups (broad SMARTS) is 1. The van der Waals surface area contributed by atoms with E-state index >= 15 is 0 Å². The molecule has 0 aliphatic carbocycles. The number of aromatic nitrogens is 2. The topological polar surface area (TPSA) is 81.5 Å². The zero-order valence-corrected chi connectivity index (χ0v) is 10.5. The van der Waals surface area contributed by atoms with E-state index in [4.69, 9.17) is 14.6 Å². The Morgan fingerprint density at radius 1 is 1.11 bits per heavy atom. The summed E-state index contributed by atoms with van der Waals surface area (Å²) in [5.74, 6) is 0.532. The van der Waals surface area contributed by atoms with Crippen LogP contribution in [0.2, 0.25) is 0 Å². The molecule has 19 heavy (non-hydrogen) atoms. The normalized spacial score (nSPS) is 10.0. The molecule has 2 aromatic rings. The van der Waals surface area contributed by atoms with E-state index in [0.29, 0.717) is 17.3 Å². The van der Waals surface area contributed by atoms with Gasteiger partial charge in [-0.3, -0.25) is 0 Å². The second kappa shape index (κ2) is 5.34. The van der Waals surface area contributed by atoms with Gasteiger partial charge in [-0.2, -0.15) is 0 Å². The van der Waals surface area contributed by atoms with Crippen molar-refractivity contribution in [3.05, 3.63) is 36.2 Å². The van der Waals surface area contributed by atoms with Gasteiger partial charge in [-0.15, -0.1) is 0 Å². The van der Waals surface area contributed by atoms with Gasteiger partial charge in [0.15, 0.2) is 17.3 Å². The summed E-state index contributed by atoms with van der Waals surface area (Å²) >= 11 is 0. The SMILES string of the molecule is COc1ccc(-c2ncc(C(=O)O)cn2)cc1OC. The van der Waals surface area contributed by atoms with Crippen LogP contribution in [0.15, 0.2) is 30.6 Å². The molecule has 6 nitrogen and oxygen atoms in total. The molecule has 0 saturated heterocycles. The van der Waals surface area contributed by atoms with E-state index in [9.17, 15) is 4.79 Å². The zero-order chi connectivity index (χ0) is 13.8. The minimum atomic E-state index is -1.06. The molecule has 0 amide bonds. The average molecular weight is 260 g/mol. The van der Waals surface area contributed by atoms with Gasteiger partial charge in [-0.1, -0.05) is 0 Å². The smallest absolute Gasteiger partial charge is 0.338 e. The van der Waals surface area contributed by atoms with Crippen molar-refractivity contribution >= 4 is 5.97 Å². The number of methoxy groups -OCH3 is 2. The van der Waals surface area contributed by atoms with Crippen LogP contribution in [0.5, 0.6) is 11.5 Å². The molecular weight excluding hydrogens is 248 g/mol. The van der Waals surface area contributed by atoms with Crippen LogP contribution in [0.4, 0.5) is 0 Å². The summed E-state index contributed by atoms with van der Waals surface area (Å²) in [5.41, 5.74) is 0.763. The predicted octanol–water partition coefficient (Wildman–Crippen LogP) is 1.86. The van der Waals surface area contributed by atoms with Crippen LogP contribution in [-0.4, -0.2) is 35.3 Å². The van der Waals surface area contributed by atoms with Crippen molar-refractivity contribution in [3.8, 4) is 22.9 Å². The van der Waals surface area contributed by atoms with Gasteiger partial charge >= 0.3 is 5.97 Å². The quantitative estimate of drug-likeness (QED) is 0.903. The van der Waals surface area contributed by atoms with Crippen LogP contribution in [0, 0.1) is 0 Å². The Kier molecular flexibility index (Phi) is 3.61. The highest BCUT2D eigenvalue weighted by molar-refractivity contribution is 5.86. The van der Waals surface area contributed by atoms with Crippen molar-refractivity contribution in [2.24, 2.45) is 0 Å². The Balaban J connectivity index is 2.38. The standard InChI is InChI=1S/C13H12N2O4/c1-18-10-4-3-8(5-11(10)19-2)12-14-6-9(7-15-12)13(16)17/h3-7H,1-2H3,(H,16,17). The van der Waals surface area contributed by atoms with Gasteiger partial charge in [0.2, 0.25) is 0 Å². The minimum absolute atomic E-state index is 0.0456. The lowest BCUT2D eigenvalue weighted by atomic mass is 10.2. The fraction of sp³-hybridized carbons (Fsp3) is 0.154. The van der Waals surface area contributed by atoms with E-state index in [1.807, 2.05) is 0 Å². The van der Waals surface area contributed by atoms with Crippen LogP contribution in [0.3, 0.4) is 0 Å². The van der Waals surface area contributed by atoms with Crippen LogP contribution in [0.25, 0.3) is 11.4 Å². The molecule has 6 heteroatoms. The number of carboxylic acids is 1. The van der Waals surface area contributed by atoms with E-state index in [0.717, 1.165) is 5.56 Å². The van der Waals surface area contributed by atoms with E-state index in [1.165, 1.54) is 19.5 Å². The molecule has 0 saturated carbocycles. The number of benzene rings is 1. The first-order valence-corrected chi connectivity index (χ1v) is 5.43. The molecule has 2 rings (SSSR count). The fourth-order valence-corrected chi connectivity index (χ4v) is 1.56. The Labute approximate surface area is 109 Å². The van der Waals surface area contributed by atoms with Crippen molar-refractivity contribution < 1.29 is 19.4 Å². The molecule has 1 heterocycles. The lowest BCUT2D eigenvalue weighted by Gasteiger charge is -2.08. The number of carbonyl (C=O) groups is 1. The number of hydrogen-bond acceptors (Lipinski definition) is 5. The first-order valence-electron chi connectivity index (χ1n) is 5.43. The van der Waals surface area contributed by atoms with Gasteiger partial charge in [0, 0.05) is 18.0 Å². The Morgan fingerprint density at radius 2 is 1.74 bits per heavy atom. The summed E-state index contributed by atoms with van der Waals surface area (Å²) in [7, 11) is 3.09. The Bertz CT molecular complexity index is 596. The van der Waals surface area contributed by atoms with Crippen LogP contribution in [-0.2, 0) is 0 Å². The van der Waals surface area contributed by atoms with Crippen LogP contribution >= 0.6 is 0 Å². The molecule has 0 unspecified atom stereocenters. The lowest BCUT2D eigenvalue weighted by molar-refractivity contribution is 0.0696. The summed E-state index contributed by atoms with van der Waals surface area (Å²) in [6.07, 6.45) is 2.53. The first-order chi connectivity index (χ1) is 9.15. The predicted molar refractivity (Wildman–Crippen MR) is 67.5 cm³/mol. The van der Waals surface area contributed by atoms with Crippen molar-refractivity contribution in [3.63, 3.8) is 0 Å². The third-order valence-electron chi connectivity index (χ3n) is 2.54. The van der Waals surface area contributed by atoms with Gasteiger partial charge < -0.3 is 14.6 Å². The minimum Gasteiger partial charge on any atom is -0.493 e. The Morgan fingerprint density at radius 3 is 2.26 bits per heavy atom. The van der Waals surface area contributed by atoms with Crippen molar-refractivity contribution in [2.75, 3.05) is 14.2 Å². The summed E-state index contributed by atoms with van der Waals surface area (Å²) in [5, 5.41) is 8.78. The second-order valence-electron chi connectivity index (χ2n) is 3.67. The summed E-state index contributed by atoms with van der Waals surface area (Å²) in [4.78, 5) is 18.7. The van der Waals surface area contributed by atoms with Gasteiger partial charge in [-0.25, -0.2) is 14.8 Å². The molecule has 0 aliphatic rings. The highest BCUT2D eigenvalue weighted by atomic mass is 16.5. The van der Waals surface area contributed by atoms with Crippen LogP contribution < -0.4 is 9.47 Å². The largest absolute Gasteiger partial charge is 0.493 e.